The summed E-state index contributed by atoms with van der Waals surface area (Å²) in [6.07, 6.45) is 7.18. The van der Waals surface area contributed by atoms with Crippen molar-refractivity contribution in [1.82, 2.24) is 19.6 Å². The maximum Gasteiger partial charge on any atom is 0.257 e. The standard InChI is InChI=1S/C30H44N4O4/c1-5-33-18-12-8-6-7-9-13-19-37-27-20-34(29(35)17-16-24-22(2)31-32(4)23(24)3)21-28(27)38-26-15-11-10-14-25(26)30(33)36/h10-11,14-15,27-28H,5-9,12-13,16-21H2,1-4H3/t27-,28-/m1/s1. The van der Waals surface area contributed by atoms with Crippen molar-refractivity contribution in [2.45, 2.75) is 84.3 Å². The molecule has 1 aromatic carbocycles. The van der Waals surface area contributed by atoms with Crippen LogP contribution in [0.25, 0.3) is 0 Å². The first-order valence-electron chi connectivity index (χ1n) is 14.3. The number of fused-ring (bicyclic) bond motifs is 2. The Morgan fingerprint density at radius 2 is 1.74 bits per heavy atom. The number of hydrogen-bond donors (Lipinski definition) is 0. The third-order valence-corrected chi connectivity index (χ3v) is 8.03. The molecule has 0 saturated carbocycles. The highest BCUT2D eigenvalue weighted by Gasteiger charge is 2.38. The number of likely N-dealkylation sites (tertiary alicyclic amines) is 1. The van der Waals surface area contributed by atoms with Gasteiger partial charge in [-0.3, -0.25) is 14.3 Å². The minimum absolute atomic E-state index is 0.000743. The second-order valence-corrected chi connectivity index (χ2v) is 10.6. The molecule has 1 saturated heterocycles. The van der Waals surface area contributed by atoms with Crippen LogP contribution in [0.3, 0.4) is 0 Å². The number of ether oxygens (including phenoxy) is 2. The molecule has 2 atom stereocenters. The predicted molar refractivity (Wildman–Crippen MR) is 147 cm³/mol. The van der Waals surface area contributed by atoms with E-state index < -0.39 is 0 Å². The highest BCUT2D eigenvalue weighted by atomic mass is 16.5. The third-order valence-electron chi connectivity index (χ3n) is 8.03. The molecule has 1 fully saturated rings. The molecule has 2 aromatic rings. The summed E-state index contributed by atoms with van der Waals surface area (Å²) in [4.78, 5) is 30.5. The Kier molecular flexibility index (Phi) is 9.83. The number of amides is 2. The van der Waals surface area contributed by atoms with Crippen molar-refractivity contribution in [3.05, 3.63) is 46.8 Å². The SMILES string of the molecule is CCN1CCCCCCCCO[C@@H]2CN(C(=O)CCc3c(C)nn(C)c3C)C[C@H]2Oc2ccccc2C1=O. The van der Waals surface area contributed by atoms with E-state index in [1.54, 1.807) is 0 Å². The number of aryl methyl sites for hydroxylation is 2. The van der Waals surface area contributed by atoms with Crippen LogP contribution in [0, 0.1) is 13.8 Å². The van der Waals surface area contributed by atoms with Crippen LogP contribution >= 0.6 is 0 Å². The second-order valence-electron chi connectivity index (χ2n) is 10.6. The zero-order valence-corrected chi connectivity index (χ0v) is 23.6. The molecule has 4 rings (SSSR count). The van der Waals surface area contributed by atoms with Gasteiger partial charge >= 0.3 is 0 Å². The van der Waals surface area contributed by atoms with Gasteiger partial charge in [0.1, 0.15) is 18.0 Å². The highest BCUT2D eigenvalue weighted by Crippen LogP contribution is 2.27. The summed E-state index contributed by atoms with van der Waals surface area (Å²) >= 11 is 0. The molecular formula is C30H44N4O4. The van der Waals surface area contributed by atoms with E-state index in [9.17, 15) is 9.59 Å². The van der Waals surface area contributed by atoms with Crippen LogP contribution in [0.1, 0.15) is 79.2 Å². The number of benzene rings is 1. The lowest BCUT2D eigenvalue weighted by molar-refractivity contribution is -0.130. The molecule has 0 unspecified atom stereocenters. The Bertz CT molecular complexity index is 1100. The molecular weight excluding hydrogens is 480 g/mol. The average molecular weight is 525 g/mol. The lowest BCUT2D eigenvalue weighted by atomic mass is 10.1. The number of aromatic nitrogens is 2. The zero-order valence-electron chi connectivity index (χ0n) is 23.6. The van der Waals surface area contributed by atoms with E-state index in [-0.39, 0.29) is 24.0 Å². The van der Waals surface area contributed by atoms with Gasteiger partial charge in [-0.2, -0.15) is 5.10 Å². The van der Waals surface area contributed by atoms with E-state index in [2.05, 4.69) is 5.10 Å². The van der Waals surface area contributed by atoms with E-state index in [4.69, 9.17) is 9.47 Å². The van der Waals surface area contributed by atoms with Crippen LogP contribution in [0.2, 0.25) is 0 Å². The van der Waals surface area contributed by atoms with Crippen LogP contribution in [-0.2, 0) is 23.0 Å². The molecule has 0 N–H and O–H groups in total. The van der Waals surface area contributed by atoms with Gasteiger partial charge in [0.25, 0.3) is 5.91 Å². The summed E-state index contributed by atoms with van der Waals surface area (Å²) in [7, 11) is 1.94. The largest absolute Gasteiger partial charge is 0.485 e. The Morgan fingerprint density at radius 1 is 1.03 bits per heavy atom. The summed E-state index contributed by atoms with van der Waals surface area (Å²) in [6, 6.07) is 7.48. The van der Waals surface area contributed by atoms with E-state index >= 15 is 0 Å². The summed E-state index contributed by atoms with van der Waals surface area (Å²) in [5.74, 6) is 0.665. The lowest BCUT2D eigenvalue weighted by Gasteiger charge is -2.25. The molecule has 38 heavy (non-hydrogen) atoms. The van der Waals surface area contributed by atoms with Gasteiger partial charge in [0.05, 0.1) is 24.3 Å². The average Bonchev–Trinajstić information content (AvgIpc) is 3.42. The van der Waals surface area contributed by atoms with Gasteiger partial charge in [-0.25, -0.2) is 0 Å². The van der Waals surface area contributed by atoms with Crippen LogP contribution in [0.4, 0.5) is 0 Å². The Balaban J connectivity index is 1.50. The van der Waals surface area contributed by atoms with Crippen LogP contribution < -0.4 is 4.74 Å². The zero-order chi connectivity index (χ0) is 27.1. The van der Waals surface area contributed by atoms with Gasteiger partial charge < -0.3 is 19.3 Å². The predicted octanol–water partition coefficient (Wildman–Crippen LogP) is 4.46. The van der Waals surface area contributed by atoms with Crippen molar-refractivity contribution in [1.29, 1.82) is 0 Å². The van der Waals surface area contributed by atoms with Crippen molar-refractivity contribution >= 4 is 11.8 Å². The molecule has 2 amide bonds. The normalized spacial score (nSPS) is 21.6. The minimum Gasteiger partial charge on any atom is -0.485 e. The van der Waals surface area contributed by atoms with Crippen LogP contribution in [-0.4, -0.2) is 76.4 Å². The lowest BCUT2D eigenvalue weighted by Crippen LogP contribution is -2.35. The van der Waals surface area contributed by atoms with Crippen LogP contribution in [0.15, 0.2) is 24.3 Å². The molecule has 0 radical (unpaired) electrons. The number of carbonyl (C=O) groups excluding carboxylic acids is 2. The maximum absolute atomic E-state index is 13.4. The molecule has 3 heterocycles. The highest BCUT2D eigenvalue weighted by molar-refractivity contribution is 5.97. The van der Waals surface area contributed by atoms with Crippen molar-refractivity contribution in [3.63, 3.8) is 0 Å². The van der Waals surface area contributed by atoms with Gasteiger partial charge in [0.2, 0.25) is 5.91 Å². The van der Waals surface area contributed by atoms with E-state index in [1.807, 2.05) is 66.6 Å². The summed E-state index contributed by atoms with van der Waals surface area (Å²) in [5, 5.41) is 4.48. The fourth-order valence-electron chi connectivity index (χ4n) is 5.62. The number of carbonyl (C=O) groups is 2. The fraction of sp³-hybridized carbons (Fsp3) is 0.633. The van der Waals surface area contributed by atoms with Gasteiger partial charge in [-0.05, 0) is 57.7 Å². The molecule has 1 aromatic heterocycles. The first-order chi connectivity index (χ1) is 18.4. The summed E-state index contributed by atoms with van der Waals surface area (Å²) in [6.45, 7) is 9.11. The fourth-order valence-corrected chi connectivity index (χ4v) is 5.62. The Morgan fingerprint density at radius 3 is 2.47 bits per heavy atom. The molecule has 2 aliphatic heterocycles. The number of nitrogens with zero attached hydrogens (tertiary/aromatic N) is 4. The van der Waals surface area contributed by atoms with Crippen molar-refractivity contribution in [2.24, 2.45) is 7.05 Å². The third kappa shape index (κ3) is 6.76. The molecule has 0 spiro atoms. The second kappa shape index (κ2) is 13.3. The smallest absolute Gasteiger partial charge is 0.257 e. The van der Waals surface area contributed by atoms with Gasteiger partial charge in [0, 0.05) is 38.9 Å². The van der Waals surface area contributed by atoms with Crippen molar-refractivity contribution in [3.8, 4) is 5.75 Å². The molecule has 0 aliphatic carbocycles. The van der Waals surface area contributed by atoms with Gasteiger partial charge in [0.15, 0.2) is 0 Å². The molecule has 0 bridgehead atoms. The molecule has 2 aliphatic rings. The van der Waals surface area contributed by atoms with Crippen molar-refractivity contribution in [2.75, 3.05) is 32.8 Å². The molecule has 8 nitrogen and oxygen atoms in total. The van der Waals surface area contributed by atoms with Crippen LogP contribution in [0.5, 0.6) is 5.75 Å². The molecule has 208 valence electrons. The summed E-state index contributed by atoms with van der Waals surface area (Å²) < 4.78 is 14.7. The van der Waals surface area contributed by atoms with Gasteiger partial charge in [-0.1, -0.05) is 37.8 Å². The Hall–Kier alpha value is -2.87. The van der Waals surface area contributed by atoms with E-state index in [0.717, 1.165) is 49.2 Å². The van der Waals surface area contributed by atoms with Crippen molar-refractivity contribution < 1.29 is 19.1 Å². The first-order valence-corrected chi connectivity index (χ1v) is 14.3. The quantitative estimate of drug-likeness (QED) is 0.590. The number of hydrogen-bond acceptors (Lipinski definition) is 5. The number of para-hydroxylation sites is 1. The van der Waals surface area contributed by atoms with Gasteiger partial charge in [-0.15, -0.1) is 0 Å². The maximum atomic E-state index is 13.4. The first kappa shape index (κ1) is 28.1. The topological polar surface area (TPSA) is 76.9 Å². The summed E-state index contributed by atoms with van der Waals surface area (Å²) in [5.41, 5.74) is 3.80. The van der Waals surface area contributed by atoms with E-state index in [0.29, 0.717) is 50.4 Å². The molecule has 8 heteroatoms. The monoisotopic (exact) mass is 524 g/mol. The minimum atomic E-state index is -0.322. The van der Waals surface area contributed by atoms with E-state index in [1.165, 1.54) is 12.8 Å². The number of rotatable bonds is 4. The Labute approximate surface area is 227 Å².